The number of nitrogens with two attached hydrogens (primary N) is 2. The Hall–Kier alpha value is -1.75. The molecule has 0 aromatic heterocycles. The van der Waals surface area contributed by atoms with E-state index < -0.39 is 5.91 Å². The number of hydrogen-bond acceptors (Lipinski definition) is 3. The fraction of sp³-hybridized carbons (Fsp3) is 0.200. The second kappa shape index (κ2) is 4.85. The van der Waals surface area contributed by atoms with Gasteiger partial charge in [-0.05, 0) is 18.2 Å². The quantitative estimate of drug-likeness (QED) is 0.755. The minimum atomic E-state index is -0.587. The topological polar surface area (TPSA) is 89.4 Å². The Kier molecular flexibility index (Phi) is 3.73. The van der Waals surface area contributed by atoms with Gasteiger partial charge in [0, 0.05) is 17.8 Å². The first-order valence-corrected chi connectivity index (χ1v) is 4.88. The Labute approximate surface area is 98.0 Å². The lowest BCUT2D eigenvalue weighted by molar-refractivity contribution is -0.118. The Balaban J connectivity index is 2.95. The minimum absolute atomic E-state index is 0.162. The number of likely N-dealkylation sites (N-methyl/N-ethyl adjacent to an activating group) is 1. The highest BCUT2D eigenvalue weighted by Crippen LogP contribution is 2.19. The number of amides is 2. The highest BCUT2D eigenvalue weighted by molar-refractivity contribution is 6.31. The number of primary amides is 1. The molecular weight excluding hydrogens is 230 g/mol. The summed E-state index contributed by atoms with van der Waals surface area (Å²) in [6, 6.07) is 4.58. The zero-order valence-electron chi connectivity index (χ0n) is 8.74. The summed E-state index contributed by atoms with van der Waals surface area (Å²) in [6.45, 7) is -0.162. The van der Waals surface area contributed by atoms with E-state index in [0.29, 0.717) is 10.7 Å². The fourth-order valence-electron chi connectivity index (χ4n) is 1.22. The Morgan fingerprint density at radius 3 is 2.62 bits per heavy atom. The van der Waals surface area contributed by atoms with Crippen LogP contribution in [0.25, 0.3) is 0 Å². The molecule has 0 fully saturated rings. The molecule has 86 valence electrons. The summed E-state index contributed by atoms with van der Waals surface area (Å²) in [4.78, 5) is 23.7. The van der Waals surface area contributed by atoms with Crippen LogP contribution in [0.3, 0.4) is 0 Å². The summed E-state index contributed by atoms with van der Waals surface area (Å²) < 4.78 is 0. The molecule has 1 rings (SSSR count). The van der Waals surface area contributed by atoms with Crippen molar-refractivity contribution in [1.29, 1.82) is 0 Å². The van der Waals surface area contributed by atoms with Gasteiger partial charge in [-0.3, -0.25) is 9.59 Å². The van der Waals surface area contributed by atoms with E-state index in [1.54, 1.807) is 6.07 Å². The molecule has 1 aromatic rings. The lowest BCUT2D eigenvalue weighted by Crippen LogP contribution is -2.35. The van der Waals surface area contributed by atoms with E-state index in [9.17, 15) is 9.59 Å². The van der Waals surface area contributed by atoms with Crippen LogP contribution in [0.4, 0.5) is 5.69 Å². The van der Waals surface area contributed by atoms with Crippen LogP contribution in [-0.4, -0.2) is 30.3 Å². The third kappa shape index (κ3) is 2.87. The van der Waals surface area contributed by atoms with E-state index in [1.165, 1.54) is 24.1 Å². The van der Waals surface area contributed by atoms with Crippen molar-refractivity contribution < 1.29 is 9.59 Å². The molecule has 0 spiro atoms. The van der Waals surface area contributed by atoms with Crippen LogP contribution in [0.15, 0.2) is 18.2 Å². The molecule has 4 N–H and O–H groups in total. The summed E-state index contributed by atoms with van der Waals surface area (Å²) in [6.07, 6.45) is 0. The smallest absolute Gasteiger partial charge is 0.256 e. The molecule has 0 heterocycles. The van der Waals surface area contributed by atoms with Crippen LogP contribution in [0.1, 0.15) is 10.4 Å². The van der Waals surface area contributed by atoms with E-state index in [1.807, 2.05) is 0 Å². The number of carbonyl (C=O) groups excluding carboxylic acids is 2. The van der Waals surface area contributed by atoms with Crippen molar-refractivity contribution in [3.63, 3.8) is 0 Å². The maximum atomic E-state index is 11.8. The van der Waals surface area contributed by atoms with E-state index in [4.69, 9.17) is 23.1 Å². The van der Waals surface area contributed by atoms with Gasteiger partial charge in [-0.1, -0.05) is 11.6 Å². The predicted octanol–water partition coefficient (Wildman–Crippen LogP) is 0.480. The first-order valence-electron chi connectivity index (χ1n) is 4.50. The van der Waals surface area contributed by atoms with Crippen molar-refractivity contribution in [2.45, 2.75) is 0 Å². The number of rotatable bonds is 3. The normalized spacial score (nSPS) is 9.88. The van der Waals surface area contributed by atoms with Crippen LogP contribution in [-0.2, 0) is 4.79 Å². The van der Waals surface area contributed by atoms with Gasteiger partial charge in [0.25, 0.3) is 5.91 Å². The number of anilines is 1. The van der Waals surface area contributed by atoms with Crippen LogP contribution >= 0.6 is 11.6 Å². The van der Waals surface area contributed by atoms with Crippen molar-refractivity contribution in [3.05, 3.63) is 28.8 Å². The molecule has 6 heteroatoms. The molecule has 0 radical (unpaired) electrons. The number of nitrogens with zero attached hydrogens (tertiary/aromatic N) is 1. The zero-order chi connectivity index (χ0) is 12.3. The third-order valence-corrected chi connectivity index (χ3v) is 2.22. The summed E-state index contributed by atoms with van der Waals surface area (Å²) in [5, 5.41) is 0.407. The molecule has 0 saturated carbocycles. The van der Waals surface area contributed by atoms with Crippen molar-refractivity contribution in [1.82, 2.24) is 4.90 Å². The van der Waals surface area contributed by atoms with Gasteiger partial charge in [0.05, 0.1) is 12.1 Å². The molecule has 0 saturated heterocycles. The Bertz CT molecular complexity index is 434. The molecule has 0 aliphatic heterocycles. The summed E-state index contributed by atoms with van der Waals surface area (Å²) in [5.74, 6) is -0.977. The van der Waals surface area contributed by atoms with Crippen LogP contribution in [0.5, 0.6) is 0 Å². The fourth-order valence-corrected chi connectivity index (χ4v) is 1.40. The van der Waals surface area contributed by atoms with Crippen molar-refractivity contribution in [2.24, 2.45) is 5.73 Å². The van der Waals surface area contributed by atoms with Crippen LogP contribution in [0.2, 0.25) is 5.02 Å². The van der Waals surface area contributed by atoms with Crippen molar-refractivity contribution in [3.8, 4) is 0 Å². The van der Waals surface area contributed by atoms with Gasteiger partial charge in [0.15, 0.2) is 0 Å². The maximum absolute atomic E-state index is 11.8. The predicted molar refractivity (Wildman–Crippen MR) is 62.0 cm³/mol. The molecule has 1 aromatic carbocycles. The van der Waals surface area contributed by atoms with E-state index >= 15 is 0 Å². The number of benzene rings is 1. The average molecular weight is 242 g/mol. The molecule has 0 unspecified atom stereocenters. The van der Waals surface area contributed by atoms with Gasteiger partial charge in [0.1, 0.15) is 0 Å². The zero-order valence-corrected chi connectivity index (χ0v) is 9.49. The van der Waals surface area contributed by atoms with E-state index in [0.717, 1.165) is 0 Å². The maximum Gasteiger partial charge on any atom is 0.256 e. The van der Waals surface area contributed by atoms with Gasteiger partial charge >= 0.3 is 0 Å². The first kappa shape index (κ1) is 12.3. The lowest BCUT2D eigenvalue weighted by Gasteiger charge is -2.16. The van der Waals surface area contributed by atoms with Crippen LogP contribution < -0.4 is 11.5 Å². The SMILES string of the molecule is CN(CC(N)=O)C(=O)c1cc(Cl)ccc1N. The molecule has 0 aliphatic carbocycles. The summed E-state index contributed by atoms with van der Waals surface area (Å²) >= 11 is 5.75. The van der Waals surface area contributed by atoms with Gasteiger partial charge < -0.3 is 16.4 Å². The first-order chi connectivity index (χ1) is 7.41. The molecule has 2 amide bonds. The summed E-state index contributed by atoms with van der Waals surface area (Å²) in [5.41, 5.74) is 11.2. The molecule has 0 atom stereocenters. The van der Waals surface area contributed by atoms with Crippen LogP contribution in [0, 0.1) is 0 Å². The monoisotopic (exact) mass is 241 g/mol. The van der Waals surface area contributed by atoms with Crippen molar-refractivity contribution in [2.75, 3.05) is 19.3 Å². The molecule has 5 nitrogen and oxygen atoms in total. The van der Waals surface area contributed by atoms with Gasteiger partial charge in [0.2, 0.25) is 5.91 Å². The molecular formula is C10H12ClN3O2. The second-order valence-corrected chi connectivity index (χ2v) is 3.80. The summed E-state index contributed by atoms with van der Waals surface area (Å²) in [7, 11) is 1.47. The molecule has 0 bridgehead atoms. The number of hydrogen-bond donors (Lipinski definition) is 2. The number of halogens is 1. The van der Waals surface area contributed by atoms with E-state index in [2.05, 4.69) is 0 Å². The third-order valence-electron chi connectivity index (χ3n) is 1.99. The number of carbonyl (C=O) groups is 2. The minimum Gasteiger partial charge on any atom is -0.398 e. The second-order valence-electron chi connectivity index (χ2n) is 3.36. The van der Waals surface area contributed by atoms with Gasteiger partial charge in [-0.25, -0.2) is 0 Å². The molecule has 16 heavy (non-hydrogen) atoms. The number of nitrogen functional groups attached to an aromatic ring is 1. The molecule has 0 aliphatic rings. The van der Waals surface area contributed by atoms with E-state index in [-0.39, 0.29) is 18.0 Å². The average Bonchev–Trinajstić information content (AvgIpc) is 2.19. The van der Waals surface area contributed by atoms with Gasteiger partial charge in [-0.2, -0.15) is 0 Å². The Morgan fingerprint density at radius 2 is 2.06 bits per heavy atom. The standard InChI is InChI=1S/C10H12ClN3O2/c1-14(5-9(13)15)10(16)7-4-6(11)2-3-8(7)12/h2-4H,5,12H2,1H3,(H2,13,15). The Morgan fingerprint density at radius 1 is 1.44 bits per heavy atom. The van der Waals surface area contributed by atoms with Gasteiger partial charge in [-0.15, -0.1) is 0 Å². The largest absolute Gasteiger partial charge is 0.398 e. The highest BCUT2D eigenvalue weighted by atomic mass is 35.5. The van der Waals surface area contributed by atoms with Crippen molar-refractivity contribution >= 4 is 29.1 Å². The lowest BCUT2D eigenvalue weighted by atomic mass is 10.1. The highest BCUT2D eigenvalue weighted by Gasteiger charge is 2.16.